The average Bonchev–Trinajstić information content (AvgIpc) is 3.26. The molecule has 0 saturated carbocycles. The maximum atomic E-state index is 12.4. The predicted octanol–water partition coefficient (Wildman–Crippen LogP) is 2.82. The molecule has 6 nitrogen and oxygen atoms in total. The number of amides is 1. The van der Waals surface area contributed by atoms with Gasteiger partial charge >= 0.3 is 0 Å². The first-order valence-electron chi connectivity index (χ1n) is 7.40. The molecule has 2 aromatic heterocycles. The number of hydrogen-bond donors (Lipinski definition) is 1. The highest BCUT2D eigenvalue weighted by molar-refractivity contribution is 5.91. The Kier molecular flexibility index (Phi) is 4.23. The summed E-state index contributed by atoms with van der Waals surface area (Å²) in [5, 5.41) is 4.05. The number of carbonyl (C=O) groups excluding carboxylic acids is 1. The monoisotopic (exact) mass is 310 g/mol. The molecule has 0 radical (unpaired) electrons. The molecule has 0 unspecified atom stereocenters. The van der Waals surface area contributed by atoms with Gasteiger partial charge in [0.1, 0.15) is 5.82 Å². The van der Waals surface area contributed by atoms with Crippen LogP contribution in [-0.2, 0) is 6.54 Å². The van der Waals surface area contributed by atoms with Crippen molar-refractivity contribution in [1.82, 2.24) is 20.0 Å². The zero-order chi connectivity index (χ0) is 16.2. The van der Waals surface area contributed by atoms with E-state index in [0.717, 1.165) is 17.1 Å². The van der Waals surface area contributed by atoms with Crippen LogP contribution in [0.1, 0.15) is 40.5 Å². The van der Waals surface area contributed by atoms with Gasteiger partial charge in [0.15, 0.2) is 0 Å². The lowest BCUT2D eigenvalue weighted by molar-refractivity contribution is 0.0740. The normalized spacial score (nSPS) is 12.1. The van der Waals surface area contributed by atoms with Crippen LogP contribution in [0.2, 0.25) is 0 Å². The van der Waals surface area contributed by atoms with Crippen molar-refractivity contribution in [3.8, 4) is 0 Å². The molecule has 0 aliphatic carbocycles. The van der Waals surface area contributed by atoms with Gasteiger partial charge in [-0.15, -0.1) is 0 Å². The largest absolute Gasteiger partial charge is 0.351 e. The van der Waals surface area contributed by atoms with Gasteiger partial charge in [-0.1, -0.05) is 42.4 Å². The van der Waals surface area contributed by atoms with Gasteiger partial charge in [-0.25, -0.2) is 4.98 Å². The van der Waals surface area contributed by atoms with Crippen molar-refractivity contribution < 1.29 is 9.32 Å². The van der Waals surface area contributed by atoms with Crippen LogP contribution >= 0.6 is 0 Å². The van der Waals surface area contributed by atoms with E-state index in [1.54, 1.807) is 25.5 Å². The second-order valence-electron chi connectivity index (χ2n) is 5.45. The fourth-order valence-corrected chi connectivity index (χ4v) is 2.38. The number of nitrogens with one attached hydrogen (secondary N) is 1. The minimum Gasteiger partial charge on any atom is -0.351 e. The standard InChI is InChI=1S/C17H18N4O2/c1-12(13-6-4-3-5-7-13)14-10-15(23-20-14)17(22)21(2)11-16-18-8-9-19-16/h3-10,12H,11H2,1-2H3,(H,18,19)/t12-/m0/s1. The average molecular weight is 310 g/mol. The Labute approximate surface area is 134 Å². The molecule has 0 bridgehead atoms. The lowest BCUT2D eigenvalue weighted by Crippen LogP contribution is -2.26. The molecule has 23 heavy (non-hydrogen) atoms. The molecule has 1 atom stereocenters. The van der Waals surface area contributed by atoms with Crippen LogP contribution in [0.4, 0.5) is 0 Å². The second-order valence-corrected chi connectivity index (χ2v) is 5.45. The molecule has 3 rings (SSSR count). The number of aromatic amines is 1. The smallest absolute Gasteiger partial charge is 0.292 e. The van der Waals surface area contributed by atoms with Crippen LogP contribution in [0.25, 0.3) is 0 Å². The zero-order valence-electron chi connectivity index (χ0n) is 13.1. The molecule has 118 valence electrons. The Balaban J connectivity index is 1.72. The van der Waals surface area contributed by atoms with E-state index in [9.17, 15) is 4.79 Å². The molecule has 1 aromatic carbocycles. The third-order valence-electron chi connectivity index (χ3n) is 3.77. The molecule has 0 aliphatic rings. The lowest BCUT2D eigenvalue weighted by Gasteiger charge is -2.13. The highest BCUT2D eigenvalue weighted by Crippen LogP contribution is 2.23. The van der Waals surface area contributed by atoms with Gasteiger partial charge in [-0.05, 0) is 5.56 Å². The summed E-state index contributed by atoms with van der Waals surface area (Å²) in [6.45, 7) is 2.42. The third kappa shape index (κ3) is 3.31. The van der Waals surface area contributed by atoms with Crippen LogP contribution in [0.3, 0.4) is 0 Å². The summed E-state index contributed by atoms with van der Waals surface area (Å²) >= 11 is 0. The van der Waals surface area contributed by atoms with Gasteiger partial charge in [0.2, 0.25) is 5.76 Å². The van der Waals surface area contributed by atoms with Crippen molar-refractivity contribution in [3.63, 3.8) is 0 Å². The van der Waals surface area contributed by atoms with Crippen LogP contribution in [0, 0.1) is 0 Å². The summed E-state index contributed by atoms with van der Waals surface area (Å²) in [7, 11) is 1.70. The number of imidazole rings is 1. The summed E-state index contributed by atoms with van der Waals surface area (Å²) in [6, 6.07) is 11.7. The van der Waals surface area contributed by atoms with Gasteiger partial charge < -0.3 is 14.4 Å². The van der Waals surface area contributed by atoms with Crippen LogP contribution in [0.15, 0.2) is 53.3 Å². The van der Waals surface area contributed by atoms with Crippen molar-refractivity contribution in [2.24, 2.45) is 0 Å². The summed E-state index contributed by atoms with van der Waals surface area (Å²) in [5.74, 6) is 0.798. The van der Waals surface area contributed by atoms with E-state index < -0.39 is 0 Å². The van der Waals surface area contributed by atoms with E-state index in [0.29, 0.717) is 6.54 Å². The Morgan fingerprint density at radius 1 is 1.35 bits per heavy atom. The van der Waals surface area contributed by atoms with E-state index in [4.69, 9.17) is 4.52 Å². The number of H-pyrrole nitrogens is 1. The van der Waals surface area contributed by atoms with Crippen molar-refractivity contribution in [3.05, 3.63) is 71.6 Å². The quantitative estimate of drug-likeness (QED) is 0.786. The fourth-order valence-electron chi connectivity index (χ4n) is 2.38. The number of aromatic nitrogens is 3. The minimum atomic E-state index is -0.222. The Bertz CT molecular complexity index is 765. The van der Waals surface area contributed by atoms with Gasteiger partial charge in [0.05, 0.1) is 12.2 Å². The molecule has 3 aromatic rings. The first kappa shape index (κ1) is 15.0. The summed E-state index contributed by atoms with van der Waals surface area (Å²) in [4.78, 5) is 21.0. The van der Waals surface area contributed by atoms with Crippen molar-refractivity contribution in [1.29, 1.82) is 0 Å². The Hall–Kier alpha value is -2.89. The number of nitrogens with zero attached hydrogens (tertiary/aromatic N) is 3. The van der Waals surface area contributed by atoms with E-state index >= 15 is 0 Å². The van der Waals surface area contributed by atoms with Crippen molar-refractivity contribution >= 4 is 5.91 Å². The van der Waals surface area contributed by atoms with Crippen LogP contribution in [0.5, 0.6) is 0 Å². The van der Waals surface area contributed by atoms with Gasteiger partial charge in [0.25, 0.3) is 5.91 Å². The molecular weight excluding hydrogens is 292 g/mol. The van der Waals surface area contributed by atoms with Gasteiger partial charge in [-0.2, -0.15) is 0 Å². The number of benzene rings is 1. The van der Waals surface area contributed by atoms with E-state index in [2.05, 4.69) is 15.1 Å². The summed E-state index contributed by atoms with van der Waals surface area (Å²) < 4.78 is 5.24. The lowest BCUT2D eigenvalue weighted by atomic mass is 9.98. The zero-order valence-corrected chi connectivity index (χ0v) is 13.1. The maximum Gasteiger partial charge on any atom is 0.292 e. The van der Waals surface area contributed by atoms with Crippen molar-refractivity contribution in [2.45, 2.75) is 19.4 Å². The number of carbonyl (C=O) groups is 1. The van der Waals surface area contributed by atoms with E-state index in [1.165, 1.54) is 4.90 Å². The summed E-state index contributed by atoms with van der Waals surface area (Å²) in [5.41, 5.74) is 1.87. The van der Waals surface area contributed by atoms with E-state index in [-0.39, 0.29) is 17.6 Å². The molecule has 2 heterocycles. The predicted molar refractivity (Wildman–Crippen MR) is 84.8 cm³/mol. The minimum absolute atomic E-state index is 0.0666. The van der Waals surface area contributed by atoms with Gasteiger partial charge in [-0.3, -0.25) is 4.79 Å². The van der Waals surface area contributed by atoms with E-state index in [1.807, 2.05) is 37.3 Å². The first-order chi connectivity index (χ1) is 11.1. The number of hydrogen-bond acceptors (Lipinski definition) is 4. The molecule has 0 saturated heterocycles. The molecular formula is C17H18N4O2. The van der Waals surface area contributed by atoms with Crippen LogP contribution in [-0.4, -0.2) is 33.0 Å². The molecule has 1 N–H and O–H groups in total. The molecule has 0 aliphatic heterocycles. The molecule has 0 fully saturated rings. The maximum absolute atomic E-state index is 12.4. The SMILES string of the molecule is C[C@@H](c1ccccc1)c1cc(C(=O)N(C)Cc2ncc[nH]2)on1. The summed E-state index contributed by atoms with van der Waals surface area (Å²) in [6.07, 6.45) is 3.38. The molecule has 0 spiro atoms. The Morgan fingerprint density at radius 3 is 2.83 bits per heavy atom. The third-order valence-corrected chi connectivity index (χ3v) is 3.77. The molecule has 1 amide bonds. The second kappa shape index (κ2) is 6.48. The highest BCUT2D eigenvalue weighted by Gasteiger charge is 2.21. The van der Waals surface area contributed by atoms with Gasteiger partial charge in [0, 0.05) is 31.4 Å². The highest BCUT2D eigenvalue weighted by atomic mass is 16.5. The van der Waals surface area contributed by atoms with Crippen molar-refractivity contribution in [2.75, 3.05) is 7.05 Å². The molecule has 6 heteroatoms. The Morgan fingerprint density at radius 2 is 2.13 bits per heavy atom. The number of rotatable bonds is 5. The van der Waals surface area contributed by atoms with Crippen LogP contribution < -0.4 is 0 Å². The fraction of sp³-hybridized carbons (Fsp3) is 0.235. The topological polar surface area (TPSA) is 75.0 Å². The first-order valence-corrected chi connectivity index (χ1v) is 7.40.